The van der Waals surface area contributed by atoms with E-state index >= 15 is 0 Å². The van der Waals surface area contributed by atoms with Crippen LogP contribution in [0.5, 0.6) is 17.2 Å². The molecule has 2 rings (SSSR count). The highest BCUT2D eigenvalue weighted by atomic mass is 127. The van der Waals surface area contributed by atoms with Crippen LogP contribution in [-0.2, 0) is 6.54 Å². The molecule has 0 aliphatic carbocycles. The zero-order valence-corrected chi connectivity index (χ0v) is 19.3. The molecule has 0 aromatic heterocycles. The molecule has 0 radical (unpaired) electrons. The smallest absolute Gasteiger partial charge is 0.194 e. The summed E-state index contributed by atoms with van der Waals surface area (Å²) in [7, 11) is 3.51. The Bertz CT molecular complexity index is 751. The maximum Gasteiger partial charge on any atom is 0.194 e. The molecular formula is C21H30IN3O3. The van der Waals surface area contributed by atoms with Crippen LogP contribution in [0.25, 0.3) is 0 Å². The Morgan fingerprint density at radius 3 is 2.50 bits per heavy atom. The van der Waals surface area contributed by atoms with Gasteiger partial charge in [0.15, 0.2) is 17.5 Å². The van der Waals surface area contributed by atoms with Gasteiger partial charge in [0.1, 0.15) is 12.4 Å². The minimum atomic E-state index is 0. The number of nitrogens with one attached hydrogen (secondary N) is 1. The largest absolute Gasteiger partial charge is 0.504 e. The fraction of sp³-hybridized carbons (Fsp3) is 0.381. The lowest BCUT2D eigenvalue weighted by Crippen LogP contribution is -2.40. The van der Waals surface area contributed by atoms with Crippen molar-refractivity contribution < 1.29 is 14.6 Å². The van der Waals surface area contributed by atoms with Crippen molar-refractivity contribution in [2.24, 2.45) is 4.99 Å². The number of aromatic hydroxyl groups is 1. The molecule has 2 aromatic rings. The highest BCUT2D eigenvalue weighted by molar-refractivity contribution is 14.0. The number of phenolic OH excluding ortho intramolecular Hbond substituents is 1. The van der Waals surface area contributed by atoms with Crippen molar-refractivity contribution in [3.8, 4) is 17.2 Å². The van der Waals surface area contributed by atoms with Crippen molar-refractivity contribution in [2.75, 3.05) is 33.9 Å². The minimum Gasteiger partial charge on any atom is -0.504 e. The van der Waals surface area contributed by atoms with E-state index in [1.165, 1.54) is 12.7 Å². The highest BCUT2D eigenvalue weighted by Crippen LogP contribution is 2.26. The number of ether oxygens (including phenoxy) is 2. The third-order valence-corrected chi connectivity index (χ3v) is 4.07. The fourth-order valence-corrected chi connectivity index (χ4v) is 2.51. The van der Waals surface area contributed by atoms with Gasteiger partial charge in [-0.2, -0.15) is 0 Å². The molecule has 0 bridgehead atoms. The number of phenols is 1. The number of rotatable bonds is 8. The zero-order valence-electron chi connectivity index (χ0n) is 16.9. The Hall–Kier alpha value is -2.16. The number of halogens is 1. The quantitative estimate of drug-likeness (QED) is 0.329. The molecule has 0 aliphatic heterocycles. The monoisotopic (exact) mass is 499 g/mol. The van der Waals surface area contributed by atoms with E-state index in [1.807, 2.05) is 49.2 Å². The molecule has 2 aromatic carbocycles. The number of benzene rings is 2. The van der Waals surface area contributed by atoms with E-state index in [2.05, 4.69) is 17.2 Å². The predicted octanol–water partition coefficient (Wildman–Crippen LogP) is 3.80. The molecule has 2 N–H and O–H groups in total. The van der Waals surface area contributed by atoms with Crippen LogP contribution in [0, 0.1) is 6.92 Å². The molecule has 28 heavy (non-hydrogen) atoms. The van der Waals surface area contributed by atoms with E-state index in [0.29, 0.717) is 25.4 Å². The van der Waals surface area contributed by atoms with Crippen molar-refractivity contribution in [3.63, 3.8) is 0 Å². The first-order valence-electron chi connectivity index (χ1n) is 9.08. The molecule has 154 valence electrons. The number of hydrogen-bond donors (Lipinski definition) is 2. The number of guanidine groups is 1. The molecule has 0 saturated heterocycles. The van der Waals surface area contributed by atoms with E-state index < -0.39 is 0 Å². The summed E-state index contributed by atoms with van der Waals surface area (Å²) < 4.78 is 10.9. The van der Waals surface area contributed by atoms with E-state index in [4.69, 9.17) is 9.47 Å². The summed E-state index contributed by atoms with van der Waals surface area (Å²) >= 11 is 0. The zero-order chi connectivity index (χ0) is 19.6. The standard InChI is InChI=1S/C21H29N3O3.HI/c1-5-22-21(23-15-17-8-11-20(26-4)19(25)14-17)24(3)12-13-27-18-9-6-16(2)7-10-18;/h6-11,14,25H,5,12-13,15H2,1-4H3,(H,22,23);1H. The lowest BCUT2D eigenvalue weighted by molar-refractivity contribution is 0.281. The number of hydrogen-bond acceptors (Lipinski definition) is 4. The maximum atomic E-state index is 9.89. The van der Waals surface area contributed by atoms with Gasteiger partial charge in [-0.05, 0) is 43.7 Å². The molecule has 6 nitrogen and oxygen atoms in total. The Balaban J connectivity index is 0.00000392. The first-order valence-corrected chi connectivity index (χ1v) is 9.08. The summed E-state index contributed by atoms with van der Waals surface area (Å²) in [5.41, 5.74) is 2.12. The predicted molar refractivity (Wildman–Crippen MR) is 124 cm³/mol. The molecular weight excluding hydrogens is 469 g/mol. The Morgan fingerprint density at radius 2 is 1.89 bits per heavy atom. The summed E-state index contributed by atoms with van der Waals surface area (Å²) in [6.45, 7) is 6.59. The third-order valence-electron chi connectivity index (χ3n) is 4.07. The van der Waals surface area contributed by atoms with Gasteiger partial charge in [-0.1, -0.05) is 23.8 Å². The van der Waals surface area contributed by atoms with Gasteiger partial charge >= 0.3 is 0 Å². The van der Waals surface area contributed by atoms with Crippen LogP contribution in [0.3, 0.4) is 0 Å². The molecule has 0 heterocycles. The number of aliphatic imine (C=N–C) groups is 1. The molecule has 0 unspecified atom stereocenters. The molecule has 7 heteroatoms. The number of likely N-dealkylation sites (N-methyl/N-ethyl adjacent to an activating group) is 1. The van der Waals surface area contributed by atoms with E-state index in [1.54, 1.807) is 12.1 Å². The minimum absolute atomic E-state index is 0. The molecule has 0 fully saturated rings. The van der Waals surface area contributed by atoms with E-state index in [0.717, 1.165) is 23.8 Å². The average Bonchev–Trinajstić information content (AvgIpc) is 2.66. The van der Waals surface area contributed by atoms with Gasteiger partial charge in [-0.3, -0.25) is 0 Å². The first kappa shape index (κ1) is 23.9. The molecule has 0 atom stereocenters. The van der Waals surface area contributed by atoms with Crippen molar-refractivity contribution in [3.05, 3.63) is 53.6 Å². The number of methoxy groups -OCH3 is 1. The van der Waals surface area contributed by atoms with Crippen molar-refractivity contribution in [2.45, 2.75) is 20.4 Å². The highest BCUT2D eigenvalue weighted by Gasteiger charge is 2.07. The number of aryl methyl sites for hydroxylation is 1. The Kier molecular flexibility index (Phi) is 10.5. The van der Waals surface area contributed by atoms with Crippen LogP contribution < -0.4 is 14.8 Å². The van der Waals surface area contributed by atoms with Gasteiger partial charge in [0, 0.05) is 13.6 Å². The summed E-state index contributed by atoms with van der Waals surface area (Å²) in [5, 5.41) is 13.2. The Labute approximate surface area is 184 Å². The number of nitrogens with zero attached hydrogens (tertiary/aromatic N) is 2. The van der Waals surface area contributed by atoms with Crippen LogP contribution >= 0.6 is 24.0 Å². The lowest BCUT2D eigenvalue weighted by Gasteiger charge is -2.22. The van der Waals surface area contributed by atoms with Gasteiger partial charge in [0.05, 0.1) is 20.2 Å². The second-order valence-electron chi connectivity index (χ2n) is 6.26. The van der Waals surface area contributed by atoms with Gasteiger partial charge in [0.2, 0.25) is 0 Å². The van der Waals surface area contributed by atoms with Crippen LogP contribution in [0.2, 0.25) is 0 Å². The van der Waals surface area contributed by atoms with Crippen LogP contribution in [0.1, 0.15) is 18.1 Å². The first-order chi connectivity index (χ1) is 13.0. The normalized spacial score (nSPS) is 10.8. The second kappa shape index (κ2) is 12.3. The van der Waals surface area contributed by atoms with Crippen molar-refractivity contribution in [1.82, 2.24) is 10.2 Å². The third kappa shape index (κ3) is 7.46. The summed E-state index contributed by atoms with van der Waals surface area (Å²) in [6.07, 6.45) is 0. The van der Waals surface area contributed by atoms with E-state index in [-0.39, 0.29) is 29.7 Å². The molecule has 0 spiro atoms. The van der Waals surface area contributed by atoms with Crippen molar-refractivity contribution in [1.29, 1.82) is 0 Å². The lowest BCUT2D eigenvalue weighted by atomic mass is 10.2. The maximum absolute atomic E-state index is 9.89. The van der Waals surface area contributed by atoms with Gasteiger partial charge < -0.3 is 24.8 Å². The fourth-order valence-electron chi connectivity index (χ4n) is 2.51. The van der Waals surface area contributed by atoms with E-state index in [9.17, 15) is 5.11 Å². The summed E-state index contributed by atoms with van der Waals surface area (Å²) in [4.78, 5) is 6.67. The Morgan fingerprint density at radius 1 is 1.18 bits per heavy atom. The van der Waals surface area contributed by atoms with Crippen LogP contribution in [0.15, 0.2) is 47.5 Å². The second-order valence-corrected chi connectivity index (χ2v) is 6.26. The van der Waals surface area contributed by atoms with Gasteiger partial charge in [-0.15, -0.1) is 24.0 Å². The summed E-state index contributed by atoms with van der Waals surface area (Å²) in [5.74, 6) is 2.24. The van der Waals surface area contributed by atoms with Crippen LogP contribution in [-0.4, -0.2) is 49.8 Å². The van der Waals surface area contributed by atoms with Crippen molar-refractivity contribution >= 4 is 29.9 Å². The molecule has 0 amide bonds. The molecule has 0 aliphatic rings. The molecule has 0 saturated carbocycles. The summed E-state index contributed by atoms with van der Waals surface area (Å²) in [6, 6.07) is 13.3. The topological polar surface area (TPSA) is 66.3 Å². The van der Waals surface area contributed by atoms with Gasteiger partial charge in [-0.25, -0.2) is 4.99 Å². The van der Waals surface area contributed by atoms with Crippen LogP contribution in [0.4, 0.5) is 0 Å². The van der Waals surface area contributed by atoms with Gasteiger partial charge in [0.25, 0.3) is 0 Å². The average molecular weight is 499 g/mol. The SMILES string of the molecule is CCNC(=NCc1ccc(OC)c(O)c1)N(C)CCOc1ccc(C)cc1.I.